The summed E-state index contributed by atoms with van der Waals surface area (Å²) in [5.74, 6) is 0.353. The van der Waals surface area contributed by atoms with Gasteiger partial charge in [-0.2, -0.15) is 13.2 Å². The third-order valence-electron chi connectivity index (χ3n) is 4.84. The molecule has 1 N–H and O–H groups in total. The van der Waals surface area contributed by atoms with Crippen molar-refractivity contribution in [3.8, 4) is 10.6 Å². The number of aromatic nitrogens is 3. The number of carbonyl (C=O) groups excluding carboxylic acids is 1. The Hall–Kier alpha value is -3.01. The lowest BCUT2D eigenvalue weighted by atomic mass is 10.1. The highest BCUT2D eigenvalue weighted by molar-refractivity contribution is 7.13. The zero-order valence-electron chi connectivity index (χ0n) is 15.8. The number of hydrogen-bond acceptors (Lipinski definition) is 6. The van der Waals surface area contributed by atoms with Crippen LogP contribution in [0.25, 0.3) is 10.6 Å². The lowest BCUT2D eigenvalue weighted by molar-refractivity contribution is -0.137. The minimum Gasteiger partial charge on any atom is -0.348 e. The van der Waals surface area contributed by atoms with Crippen molar-refractivity contribution < 1.29 is 18.0 Å². The van der Waals surface area contributed by atoms with Gasteiger partial charge in [0.25, 0.3) is 5.91 Å². The molecule has 2 aromatic heterocycles. The highest BCUT2D eigenvalue weighted by atomic mass is 32.1. The van der Waals surface area contributed by atoms with Crippen molar-refractivity contribution in [2.75, 3.05) is 18.0 Å². The normalized spacial score (nSPS) is 15.2. The largest absolute Gasteiger partial charge is 0.416 e. The lowest BCUT2D eigenvalue weighted by Crippen LogP contribution is -2.45. The number of rotatable bonds is 4. The smallest absolute Gasteiger partial charge is 0.348 e. The minimum atomic E-state index is -4.42. The fourth-order valence-electron chi connectivity index (χ4n) is 3.28. The summed E-state index contributed by atoms with van der Waals surface area (Å²) in [4.78, 5) is 27.3. The van der Waals surface area contributed by atoms with Crippen molar-refractivity contribution in [2.24, 2.45) is 0 Å². The van der Waals surface area contributed by atoms with Gasteiger partial charge in [-0.05, 0) is 31.0 Å². The molecule has 0 aliphatic carbocycles. The number of carbonyl (C=O) groups is 1. The number of halogens is 3. The molecule has 0 spiro atoms. The maximum absolute atomic E-state index is 12.9. The molecule has 0 radical (unpaired) electrons. The quantitative estimate of drug-likeness (QED) is 0.673. The second-order valence-corrected chi connectivity index (χ2v) is 7.76. The molecule has 0 bridgehead atoms. The fraction of sp³-hybridized carbons (Fsp3) is 0.300. The zero-order valence-corrected chi connectivity index (χ0v) is 16.6. The molecule has 10 heteroatoms. The molecule has 1 aromatic carbocycles. The van der Waals surface area contributed by atoms with Crippen molar-refractivity contribution in [3.05, 3.63) is 59.4 Å². The van der Waals surface area contributed by atoms with Crippen LogP contribution in [0.5, 0.6) is 0 Å². The molecule has 156 valence electrons. The summed E-state index contributed by atoms with van der Waals surface area (Å²) in [5.41, 5.74) is -0.193. The van der Waals surface area contributed by atoms with Gasteiger partial charge in [-0.3, -0.25) is 4.79 Å². The van der Waals surface area contributed by atoms with Crippen LogP contribution in [0.15, 0.2) is 48.1 Å². The van der Waals surface area contributed by atoms with Gasteiger partial charge in [0.15, 0.2) is 0 Å². The molecule has 3 heterocycles. The highest BCUT2D eigenvalue weighted by Gasteiger charge is 2.30. The Morgan fingerprint density at radius 2 is 1.87 bits per heavy atom. The first kappa shape index (κ1) is 20.3. The average Bonchev–Trinajstić information content (AvgIpc) is 3.25. The van der Waals surface area contributed by atoms with E-state index >= 15 is 0 Å². The van der Waals surface area contributed by atoms with Crippen LogP contribution in [0.4, 0.5) is 19.1 Å². The molecule has 4 rings (SSSR count). The molecule has 1 aliphatic heterocycles. The SMILES string of the molecule is O=C(NC1CCN(c2ncccn2)CC1)c1csc(-c2cccc(C(F)(F)F)c2)n1. The highest BCUT2D eigenvalue weighted by Crippen LogP contribution is 2.33. The molecule has 1 fully saturated rings. The van der Waals surface area contributed by atoms with Gasteiger partial charge < -0.3 is 10.2 Å². The van der Waals surface area contributed by atoms with Crippen LogP contribution in [0.1, 0.15) is 28.9 Å². The molecule has 6 nitrogen and oxygen atoms in total. The van der Waals surface area contributed by atoms with Crippen LogP contribution < -0.4 is 10.2 Å². The maximum atomic E-state index is 12.9. The van der Waals surface area contributed by atoms with Crippen LogP contribution in [-0.2, 0) is 6.18 Å². The van der Waals surface area contributed by atoms with E-state index in [2.05, 4.69) is 25.2 Å². The van der Waals surface area contributed by atoms with Gasteiger partial charge in [0, 0.05) is 42.5 Å². The molecule has 1 aliphatic rings. The number of thiazole rings is 1. The summed E-state index contributed by atoms with van der Waals surface area (Å²) in [7, 11) is 0. The molecule has 0 saturated carbocycles. The molecular weight excluding hydrogens is 415 g/mol. The minimum absolute atomic E-state index is 0.00355. The second-order valence-electron chi connectivity index (χ2n) is 6.90. The molecule has 0 atom stereocenters. The Bertz CT molecular complexity index is 1020. The van der Waals surface area contributed by atoms with Gasteiger partial charge in [0.1, 0.15) is 10.7 Å². The number of piperidine rings is 1. The third kappa shape index (κ3) is 4.59. The first-order valence-corrected chi connectivity index (χ1v) is 10.2. The van der Waals surface area contributed by atoms with E-state index in [-0.39, 0.29) is 17.6 Å². The number of benzene rings is 1. The predicted octanol–water partition coefficient (Wildman–Crippen LogP) is 4.02. The monoisotopic (exact) mass is 433 g/mol. The van der Waals surface area contributed by atoms with Crippen LogP contribution in [0.3, 0.4) is 0 Å². The number of anilines is 1. The van der Waals surface area contributed by atoms with Crippen molar-refractivity contribution in [1.82, 2.24) is 20.3 Å². The molecule has 3 aromatic rings. The number of hydrogen-bond donors (Lipinski definition) is 1. The van der Waals surface area contributed by atoms with Gasteiger partial charge in [0.05, 0.1) is 5.56 Å². The molecule has 0 unspecified atom stereocenters. The topological polar surface area (TPSA) is 71.0 Å². The summed E-state index contributed by atoms with van der Waals surface area (Å²) < 4.78 is 38.8. The van der Waals surface area contributed by atoms with Gasteiger partial charge >= 0.3 is 6.18 Å². The molecule has 1 amide bonds. The first-order chi connectivity index (χ1) is 14.4. The van der Waals surface area contributed by atoms with Gasteiger partial charge in [-0.1, -0.05) is 12.1 Å². The van der Waals surface area contributed by atoms with E-state index in [4.69, 9.17) is 0 Å². The van der Waals surface area contributed by atoms with Crippen LogP contribution in [0.2, 0.25) is 0 Å². The maximum Gasteiger partial charge on any atom is 0.416 e. The van der Waals surface area contributed by atoms with Crippen molar-refractivity contribution in [3.63, 3.8) is 0 Å². The van der Waals surface area contributed by atoms with E-state index < -0.39 is 11.7 Å². The van der Waals surface area contributed by atoms with Crippen LogP contribution >= 0.6 is 11.3 Å². The Labute approximate surface area is 174 Å². The molecular formula is C20H18F3N5OS. The lowest BCUT2D eigenvalue weighted by Gasteiger charge is -2.32. The van der Waals surface area contributed by atoms with E-state index in [0.717, 1.165) is 49.4 Å². The van der Waals surface area contributed by atoms with Crippen LogP contribution in [0, 0.1) is 0 Å². The average molecular weight is 433 g/mol. The second kappa shape index (κ2) is 8.39. The van der Waals surface area contributed by atoms with E-state index in [9.17, 15) is 18.0 Å². The summed E-state index contributed by atoms with van der Waals surface area (Å²) in [5, 5.41) is 4.91. The van der Waals surface area contributed by atoms with E-state index in [0.29, 0.717) is 16.5 Å². The Morgan fingerprint density at radius 1 is 1.13 bits per heavy atom. The van der Waals surface area contributed by atoms with Crippen molar-refractivity contribution in [2.45, 2.75) is 25.1 Å². The Kier molecular flexibility index (Phi) is 5.67. The number of nitrogens with one attached hydrogen (secondary N) is 1. The standard InChI is InChI=1S/C20H18F3N5OS/c21-20(22,23)14-4-1-3-13(11-14)18-27-16(12-30-18)17(29)26-15-5-9-28(10-6-15)19-24-7-2-8-25-19/h1-4,7-8,11-12,15H,5-6,9-10H2,(H,26,29). The van der Waals surface area contributed by atoms with Crippen molar-refractivity contribution in [1.29, 1.82) is 0 Å². The van der Waals surface area contributed by atoms with Gasteiger partial charge in [-0.15, -0.1) is 11.3 Å². The summed E-state index contributed by atoms with van der Waals surface area (Å²) in [6.45, 7) is 1.45. The summed E-state index contributed by atoms with van der Waals surface area (Å²) >= 11 is 1.15. The van der Waals surface area contributed by atoms with E-state index in [1.165, 1.54) is 6.07 Å². The first-order valence-electron chi connectivity index (χ1n) is 9.36. The van der Waals surface area contributed by atoms with E-state index in [1.54, 1.807) is 29.9 Å². The number of alkyl halides is 3. The Balaban J connectivity index is 1.37. The molecule has 30 heavy (non-hydrogen) atoms. The Morgan fingerprint density at radius 3 is 2.57 bits per heavy atom. The van der Waals surface area contributed by atoms with E-state index in [1.807, 2.05) is 0 Å². The number of amides is 1. The van der Waals surface area contributed by atoms with Crippen LogP contribution in [-0.4, -0.2) is 40.0 Å². The van der Waals surface area contributed by atoms with Gasteiger partial charge in [0.2, 0.25) is 5.95 Å². The molecule has 1 saturated heterocycles. The fourth-order valence-corrected chi connectivity index (χ4v) is 4.07. The summed E-state index contributed by atoms with van der Waals surface area (Å²) in [6, 6.07) is 6.70. The third-order valence-corrected chi connectivity index (χ3v) is 5.73. The summed E-state index contributed by atoms with van der Waals surface area (Å²) in [6.07, 6.45) is 0.456. The van der Waals surface area contributed by atoms with Gasteiger partial charge in [-0.25, -0.2) is 15.0 Å². The number of nitrogens with zero attached hydrogens (tertiary/aromatic N) is 4. The van der Waals surface area contributed by atoms with Crippen molar-refractivity contribution >= 4 is 23.2 Å². The predicted molar refractivity (Wildman–Crippen MR) is 107 cm³/mol. The zero-order chi connectivity index (χ0) is 21.1.